The van der Waals surface area contributed by atoms with Crippen molar-refractivity contribution in [2.45, 2.75) is 19.4 Å². The molecule has 1 atom stereocenters. The van der Waals surface area contributed by atoms with Gasteiger partial charge in [0.1, 0.15) is 5.75 Å². The van der Waals surface area contributed by atoms with E-state index in [0.717, 1.165) is 6.42 Å². The van der Waals surface area contributed by atoms with Crippen molar-refractivity contribution in [1.82, 2.24) is 5.32 Å². The zero-order chi connectivity index (χ0) is 14.4. The lowest BCUT2D eigenvalue weighted by Crippen LogP contribution is -2.28. The third-order valence-electron chi connectivity index (χ3n) is 2.65. The number of nitrogens with two attached hydrogens (primary N) is 1. The van der Waals surface area contributed by atoms with Crippen molar-refractivity contribution < 1.29 is 13.9 Å². The highest BCUT2D eigenvalue weighted by Crippen LogP contribution is 2.23. The average Bonchev–Trinajstić information content (AvgIpc) is 2.88. The third kappa shape index (κ3) is 5.49. The summed E-state index contributed by atoms with van der Waals surface area (Å²) < 4.78 is 10.8. The molecule has 2 rings (SSSR count). The Balaban J connectivity index is 0.00000220. The molecule has 1 amide bonds. The summed E-state index contributed by atoms with van der Waals surface area (Å²) in [4.78, 5) is 11.8. The van der Waals surface area contributed by atoms with Crippen LogP contribution in [0.15, 0.2) is 46.9 Å². The van der Waals surface area contributed by atoms with Crippen LogP contribution >= 0.6 is 12.4 Å². The molecule has 1 aromatic carbocycles. The summed E-state index contributed by atoms with van der Waals surface area (Å²) in [5, 5.41) is 2.74. The number of nitrogens with one attached hydrogen (secondary N) is 1. The van der Waals surface area contributed by atoms with E-state index in [1.807, 2.05) is 37.3 Å². The number of carbonyl (C=O) groups excluding carboxylic acids is 1. The van der Waals surface area contributed by atoms with E-state index in [4.69, 9.17) is 14.9 Å². The Hall–Kier alpha value is -1.98. The summed E-state index contributed by atoms with van der Waals surface area (Å²) in [6, 6.07) is 12.5. The molecule has 0 aliphatic rings. The molecule has 0 saturated heterocycles. The zero-order valence-electron chi connectivity index (χ0n) is 11.7. The number of carbonyl (C=O) groups is 1. The Kier molecular flexibility index (Phi) is 6.78. The maximum Gasteiger partial charge on any atom is 0.290 e. The van der Waals surface area contributed by atoms with Crippen LogP contribution in [0.3, 0.4) is 0 Å². The minimum Gasteiger partial charge on any atom is -0.426 e. The maximum absolute atomic E-state index is 11.8. The summed E-state index contributed by atoms with van der Waals surface area (Å²) in [5.41, 5.74) is 5.61. The van der Waals surface area contributed by atoms with Crippen LogP contribution in [0.1, 0.15) is 23.9 Å². The highest BCUT2D eigenvalue weighted by atomic mass is 35.5. The Morgan fingerprint density at radius 2 is 2.00 bits per heavy atom. The molecule has 0 spiro atoms. The van der Waals surface area contributed by atoms with Gasteiger partial charge in [-0.05, 0) is 31.5 Å². The number of furan rings is 1. The van der Waals surface area contributed by atoms with Gasteiger partial charge in [0.2, 0.25) is 0 Å². The predicted octanol–water partition coefficient (Wildman–Crippen LogP) is 2.96. The first-order valence-electron chi connectivity index (χ1n) is 6.51. The fourth-order valence-electron chi connectivity index (χ4n) is 1.60. The molecule has 21 heavy (non-hydrogen) atoms. The number of para-hydroxylation sites is 1. The standard InChI is InChI=1S/C15H18N2O3.ClH/c1-11(16)9-10-17-15(18)13-7-8-14(20-13)19-12-5-3-2-4-6-12;/h2-8,11H,9-10,16H2,1H3,(H,17,18);1H. The van der Waals surface area contributed by atoms with Gasteiger partial charge >= 0.3 is 0 Å². The molecular weight excluding hydrogens is 292 g/mol. The van der Waals surface area contributed by atoms with E-state index in [0.29, 0.717) is 12.3 Å². The second-order valence-corrected chi connectivity index (χ2v) is 4.56. The minimum absolute atomic E-state index is 0. The zero-order valence-corrected chi connectivity index (χ0v) is 12.6. The van der Waals surface area contributed by atoms with E-state index < -0.39 is 0 Å². The Morgan fingerprint density at radius 1 is 1.29 bits per heavy atom. The van der Waals surface area contributed by atoms with E-state index >= 15 is 0 Å². The van der Waals surface area contributed by atoms with Gasteiger partial charge in [0.05, 0.1) is 0 Å². The SMILES string of the molecule is CC(N)CCNC(=O)c1ccc(Oc2ccccc2)o1.Cl. The molecule has 0 bridgehead atoms. The van der Waals surface area contributed by atoms with Crippen LogP contribution in [0.2, 0.25) is 0 Å². The number of benzene rings is 1. The normalized spacial score (nSPS) is 11.3. The van der Waals surface area contributed by atoms with E-state index in [-0.39, 0.29) is 36.1 Å². The quantitative estimate of drug-likeness (QED) is 0.860. The van der Waals surface area contributed by atoms with Crippen molar-refractivity contribution >= 4 is 18.3 Å². The Labute approximate surface area is 129 Å². The molecule has 6 heteroatoms. The van der Waals surface area contributed by atoms with Crippen molar-refractivity contribution in [3.05, 3.63) is 48.2 Å². The van der Waals surface area contributed by atoms with Crippen LogP contribution < -0.4 is 15.8 Å². The molecule has 5 nitrogen and oxygen atoms in total. The van der Waals surface area contributed by atoms with Gasteiger partial charge in [-0.1, -0.05) is 18.2 Å². The van der Waals surface area contributed by atoms with Crippen LogP contribution in [-0.4, -0.2) is 18.5 Å². The first kappa shape index (κ1) is 17.1. The van der Waals surface area contributed by atoms with E-state index in [1.165, 1.54) is 0 Å². The highest BCUT2D eigenvalue weighted by Gasteiger charge is 2.11. The monoisotopic (exact) mass is 310 g/mol. The van der Waals surface area contributed by atoms with E-state index in [9.17, 15) is 4.79 Å². The number of hydrogen-bond acceptors (Lipinski definition) is 4. The van der Waals surface area contributed by atoms with E-state index in [2.05, 4.69) is 5.32 Å². The molecule has 1 heterocycles. The predicted molar refractivity (Wildman–Crippen MR) is 83.1 cm³/mol. The minimum atomic E-state index is -0.270. The Bertz CT molecular complexity index is 555. The molecule has 0 aliphatic heterocycles. The molecule has 1 unspecified atom stereocenters. The summed E-state index contributed by atoms with van der Waals surface area (Å²) in [6.07, 6.45) is 0.722. The van der Waals surface area contributed by atoms with Crippen LogP contribution in [0, 0.1) is 0 Å². The lowest BCUT2D eigenvalue weighted by Gasteiger charge is -2.05. The summed E-state index contributed by atoms with van der Waals surface area (Å²) in [7, 11) is 0. The molecule has 0 fully saturated rings. The number of ether oxygens (including phenoxy) is 1. The summed E-state index contributed by atoms with van der Waals surface area (Å²) in [6.45, 7) is 2.41. The van der Waals surface area contributed by atoms with Gasteiger partial charge in [-0.15, -0.1) is 12.4 Å². The number of hydrogen-bond donors (Lipinski definition) is 2. The van der Waals surface area contributed by atoms with Crippen molar-refractivity contribution in [3.63, 3.8) is 0 Å². The van der Waals surface area contributed by atoms with Crippen LogP contribution in [0.25, 0.3) is 0 Å². The number of halogens is 1. The second kappa shape index (κ2) is 8.34. The molecular formula is C15H19ClN2O3. The molecule has 0 aliphatic carbocycles. The van der Waals surface area contributed by atoms with Gasteiger partial charge in [-0.25, -0.2) is 0 Å². The molecule has 2 aromatic rings. The van der Waals surface area contributed by atoms with Gasteiger partial charge in [0, 0.05) is 18.7 Å². The van der Waals surface area contributed by atoms with Crippen LogP contribution in [-0.2, 0) is 0 Å². The molecule has 3 N–H and O–H groups in total. The topological polar surface area (TPSA) is 77.5 Å². The second-order valence-electron chi connectivity index (χ2n) is 4.56. The molecule has 114 valence electrons. The number of rotatable bonds is 6. The first-order valence-corrected chi connectivity index (χ1v) is 6.51. The highest BCUT2D eigenvalue weighted by molar-refractivity contribution is 5.91. The lowest BCUT2D eigenvalue weighted by molar-refractivity contribution is 0.0920. The van der Waals surface area contributed by atoms with Gasteiger partial charge in [0.15, 0.2) is 5.76 Å². The lowest BCUT2D eigenvalue weighted by atomic mass is 10.2. The Morgan fingerprint density at radius 3 is 2.67 bits per heavy atom. The molecule has 0 saturated carbocycles. The van der Waals surface area contributed by atoms with Gasteiger partial charge < -0.3 is 20.2 Å². The molecule has 0 radical (unpaired) electrons. The largest absolute Gasteiger partial charge is 0.426 e. The maximum atomic E-state index is 11.8. The van der Waals surface area contributed by atoms with Gasteiger partial charge in [0.25, 0.3) is 11.9 Å². The van der Waals surface area contributed by atoms with Crippen LogP contribution in [0.5, 0.6) is 11.7 Å². The summed E-state index contributed by atoms with van der Waals surface area (Å²) in [5.74, 6) is 0.897. The first-order chi connectivity index (χ1) is 9.65. The average molecular weight is 311 g/mol. The van der Waals surface area contributed by atoms with Crippen molar-refractivity contribution in [1.29, 1.82) is 0 Å². The smallest absolute Gasteiger partial charge is 0.290 e. The molecule has 1 aromatic heterocycles. The fourth-order valence-corrected chi connectivity index (χ4v) is 1.60. The van der Waals surface area contributed by atoms with E-state index in [1.54, 1.807) is 12.1 Å². The third-order valence-corrected chi connectivity index (χ3v) is 2.65. The number of amides is 1. The van der Waals surface area contributed by atoms with Gasteiger partial charge in [-0.3, -0.25) is 4.79 Å². The van der Waals surface area contributed by atoms with Crippen molar-refractivity contribution in [2.75, 3.05) is 6.54 Å². The van der Waals surface area contributed by atoms with Crippen LogP contribution in [0.4, 0.5) is 0 Å². The van der Waals surface area contributed by atoms with Crippen molar-refractivity contribution in [3.8, 4) is 11.7 Å². The van der Waals surface area contributed by atoms with Crippen molar-refractivity contribution in [2.24, 2.45) is 5.73 Å². The fraction of sp³-hybridized carbons (Fsp3) is 0.267. The summed E-state index contributed by atoms with van der Waals surface area (Å²) >= 11 is 0. The van der Waals surface area contributed by atoms with Gasteiger partial charge in [-0.2, -0.15) is 0 Å².